The Morgan fingerprint density at radius 3 is 2.11 bits per heavy atom. The third kappa shape index (κ3) is 3.56. The number of likely N-dealkylation sites (tertiary alicyclic amines) is 1. The average molecular weight is 384 g/mol. The number of likely N-dealkylation sites (N-methyl/N-ethyl adjacent to an activating group) is 1. The van der Waals surface area contributed by atoms with Crippen LogP contribution < -0.4 is 4.90 Å². The molecular weight excluding hydrogens is 360 g/mol. The Balaban J connectivity index is 1.64. The summed E-state index contributed by atoms with van der Waals surface area (Å²) in [7, 11) is 1.59. The van der Waals surface area contributed by atoms with Gasteiger partial charge in [0.1, 0.15) is 6.04 Å². The molecule has 0 unspecified atom stereocenters. The van der Waals surface area contributed by atoms with Crippen LogP contribution in [-0.2, 0) is 23.9 Å². The zero-order valence-electron chi connectivity index (χ0n) is 16.2. The molecule has 1 heterocycles. The van der Waals surface area contributed by atoms with Crippen LogP contribution in [0.1, 0.15) is 26.7 Å². The van der Waals surface area contributed by atoms with Crippen molar-refractivity contribution in [3.63, 3.8) is 0 Å². The van der Waals surface area contributed by atoms with Crippen molar-refractivity contribution in [2.45, 2.75) is 38.8 Å². The Morgan fingerprint density at radius 1 is 1.04 bits per heavy atom. The molecule has 1 aromatic rings. The van der Waals surface area contributed by atoms with E-state index in [-0.39, 0.29) is 11.8 Å². The van der Waals surface area contributed by atoms with E-state index < -0.39 is 35.9 Å². The van der Waals surface area contributed by atoms with Crippen LogP contribution in [0.5, 0.6) is 0 Å². The number of carbonyl (C=O) groups is 4. The predicted octanol–water partition coefficient (Wildman–Crippen LogP) is 1.92. The molecule has 0 bridgehead atoms. The molecule has 148 valence electrons. The zero-order chi connectivity index (χ0) is 20.4. The van der Waals surface area contributed by atoms with Crippen molar-refractivity contribution in [2.75, 3.05) is 11.9 Å². The van der Waals surface area contributed by atoms with Gasteiger partial charge >= 0.3 is 5.97 Å². The first kappa shape index (κ1) is 19.8. The molecule has 0 radical (unpaired) electrons. The number of ether oxygens (including phenoxy) is 1. The predicted molar refractivity (Wildman–Crippen MR) is 102 cm³/mol. The summed E-state index contributed by atoms with van der Waals surface area (Å²) in [5.74, 6) is -2.67. The van der Waals surface area contributed by atoms with Crippen molar-refractivity contribution in [1.82, 2.24) is 4.90 Å². The number of amides is 3. The maximum atomic E-state index is 12.6. The summed E-state index contributed by atoms with van der Waals surface area (Å²) in [5, 5.41) is 0. The van der Waals surface area contributed by atoms with E-state index in [1.165, 1.54) is 18.7 Å². The summed E-state index contributed by atoms with van der Waals surface area (Å²) >= 11 is 0. The van der Waals surface area contributed by atoms with Gasteiger partial charge in [0.05, 0.1) is 11.8 Å². The van der Waals surface area contributed by atoms with Crippen molar-refractivity contribution < 1.29 is 23.9 Å². The van der Waals surface area contributed by atoms with Gasteiger partial charge < -0.3 is 9.64 Å². The first-order valence-electron chi connectivity index (χ1n) is 9.38. The third-order valence-corrected chi connectivity index (χ3v) is 5.38. The number of benzene rings is 1. The summed E-state index contributed by atoms with van der Waals surface area (Å²) < 4.78 is 5.29. The van der Waals surface area contributed by atoms with Crippen molar-refractivity contribution in [1.29, 1.82) is 0 Å². The van der Waals surface area contributed by atoms with E-state index >= 15 is 0 Å². The summed E-state index contributed by atoms with van der Waals surface area (Å²) in [6.07, 6.45) is 3.74. The highest BCUT2D eigenvalue weighted by Crippen LogP contribution is 2.36. The van der Waals surface area contributed by atoms with Crippen LogP contribution >= 0.6 is 0 Å². The van der Waals surface area contributed by atoms with Crippen LogP contribution in [-0.4, -0.2) is 47.8 Å². The molecule has 3 rings (SSSR count). The Kier molecular flexibility index (Phi) is 5.63. The van der Waals surface area contributed by atoms with Gasteiger partial charge in [-0.1, -0.05) is 30.4 Å². The number of allylic oxidation sites excluding steroid dienone is 2. The van der Waals surface area contributed by atoms with E-state index in [4.69, 9.17) is 4.74 Å². The first-order valence-corrected chi connectivity index (χ1v) is 9.38. The second-order valence-electron chi connectivity index (χ2n) is 7.19. The minimum absolute atomic E-state index is 0.343. The highest BCUT2D eigenvalue weighted by Gasteiger charge is 2.50. The second kappa shape index (κ2) is 7.96. The topological polar surface area (TPSA) is 84.0 Å². The van der Waals surface area contributed by atoms with Crippen molar-refractivity contribution in [3.8, 4) is 0 Å². The SMILES string of the molecule is C[C@H](OC(=O)[C@@H](C)N1C(=O)[C@H]2CC=CC[C@H]2C1=O)C(=O)N(C)c1ccccc1. The quantitative estimate of drug-likeness (QED) is 0.440. The lowest BCUT2D eigenvalue weighted by Crippen LogP contribution is -2.47. The number of nitrogens with zero attached hydrogens (tertiary/aromatic N) is 2. The van der Waals surface area contributed by atoms with E-state index in [1.54, 1.807) is 31.3 Å². The molecule has 1 aromatic carbocycles. The fourth-order valence-corrected chi connectivity index (χ4v) is 3.69. The fraction of sp³-hybridized carbons (Fsp3) is 0.429. The zero-order valence-corrected chi connectivity index (χ0v) is 16.2. The van der Waals surface area contributed by atoms with Crippen LogP contribution in [0.3, 0.4) is 0 Å². The number of hydrogen-bond acceptors (Lipinski definition) is 5. The number of hydrogen-bond donors (Lipinski definition) is 0. The van der Waals surface area contributed by atoms with Gasteiger partial charge in [0.25, 0.3) is 5.91 Å². The molecule has 7 heteroatoms. The number of anilines is 1. The minimum Gasteiger partial charge on any atom is -0.451 e. The maximum Gasteiger partial charge on any atom is 0.329 e. The monoisotopic (exact) mass is 384 g/mol. The van der Waals surface area contributed by atoms with Crippen molar-refractivity contribution >= 4 is 29.4 Å². The van der Waals surface area contributed by atoms with Gasteiger partial charge in [-0.2, -0.15) is 0 Å². The van der Waals surface area contributed by atoms with Crippen LogP contribution in [0.2, 0.25) is 0 Å². The highest BCUT2D eigenvalue weighted by molar-refractivity contribution is 6.08. The normalized spacial score (nSPS) is 23.2. The van der Waals surface area contributed by atoms with Gasteiger partial charge in [-0.05, 0) is 38.8 Å². The maximum absolute atomic E-state index is 12.6. The van der Waals surface area contributed by atoms with Crippen molar-refractivity contribution in [3.05, 3.63) is 42.5 Å². The Morgan fingerprint density at radius 2 is 1.57 bits per heavy atom. The van der Waals surface area contributed by atoms with E-state index in [1.807, 2.05) is 18.2 Å². The standard InChI is InChI=1S/C21H24N2O5/c1-13(23-19(25)16-11-7-8-12-17(16)20(23)26)21(27)28-14(2)18(24)22(3)15-9-5-4-6-10-15/h4-10,13-14,16-17H,11-12H2,1-3H3/t13-,14+,16-,17+/m1/s1. The number of fused-ring (bicyclic) bond motifs is 1. The molecular formula is C21H24N2O5. The third-order valence-electron chi connectivity index (χ3n) is 5.38. The van der Waals surface area contributed by atoms with Gasteiger partial charge in [0.15, 0.2) is 6.10 Å². The van der Waals surface area contributed by atoms with Crippen LogP contribution in [0, 0.1) is 11.8 Å². The Hall–Kier alpha value is -2.96. The van der Waals surface area contributed by atoms with E-state index in [9.17, 15) is 19.2 Å². The Bertz CT molecular complexity index is 793. The number of esters is 1. The lowest BCUT2D eigenvalue weighted by atomic mass is 9.85. The minimum atomic E-state index is -1.07. The fourth-order valence-electron chi connectivity index (χ4n) is 3.69. The molecule has 0 aromatic heterocycles. The highest BCUT2D eigenvalue weighted by atomic mass is 16.5. The van der Waals surface area contributed by atoms with Gasteiger partial charge in [-0.15, -0.1) is 0 Å². The molecule has 28 heavy (non-hydrogen) atoms. The van der Waals surface area contributed by atoms with E-state index in [0.717, 1.165) is 4.90 Å². The summed E-state index contributed by atoms with van der Waals surface area (Å²) in [6, 6.07) is 7.92. The van der Waals surface area contributed by atoms with Gasteiger partial charge in [-0.3, -0.25) is 19.3 Å². The van der Waals surface area contributed by atoms with Gasteiger partial charge in [0, 0.05) is 12.7 Å². The number of carbonyl (C=O) groups excluding carboxylic acids is 4. The van der Waals surface area contributed by atoms with Crippen molar-refractivity contribution in [2.24, 2.45) is 11.8 Å². The summed E-state index contributed by atoms with van der Waals surface area (Å²) in [5.41, 5.74) is 0.671. The first-order chi connectivity index (χ1) is 13.3. The second-order valence-corrected chi connectivity index (χ2v) is 7.19. The molecule has 1 saturated heterocycles. The van der Waals surface area contributed by atoms with E-state index in [2.05, 4.69) is 0 Å². The summed E-state index contributed by atoms with van der Waals surface area (Å²) in [4.78, 5) is 52.7. The molecule has 7 nitrogen and oxygen atoms in total. The lowest BCUT2D eigenvalue weighted by molar-refractivity contribution is -0.163. The number of para-hydroxylation sites is 1. The molecule has 2 aliphatic rings. The Labute approximate surface area is 163 Å². The molecule has 0 N–H and O–H groups in total. The largest absolute Gasteiger partial charge is 0.451 e. The molecule has 3 amide bonds. The molecule has 1 aliphatic heterocycles. The summed E-state index contributed by atoms with van der Waals surface area (Å²) in [6.45, 7) is 2.94. The molecule has 1 fully saturated rings. The average Bonchev–Trinajstić information content (AvgIpc) is 2.97. The van der Waals surface area contributed by atoms with E-state index in [0.29, 0.717) is 18.5 Å². The van der Waals surface area contributed by atoms with Gasteiger partial charge in [-0.25, -0.2) is 4.79 Å². The molecule has 1 aliphatic carbocycles. The molecule has 0 spiro atoms. The van der Waals surface area contributed by atoms with Gasteiger partial charge in [0.2, 0.25) is 11.8 Å². The number of rotatable bonds is 5. The lowest BCUT2D eigenvalue weighted by Gasteiger charge is -2.25. The van der Waals surface area contributed by atoms with Crippen LogP contribution in [0.15, 0.2) is 42.5 Å². The smallest absolute Gasteiger partial charge is 0.329 e. The molecule has 4 atom stereocenters. The van der Waals surface area contributed by atoms with Crippen LogP contribution in [0.25, 0.3) is 0 Å². The van der Waals surface area contributed by atoms with Crippen LogP contribution in [0.4, 0.5) is 5.69 Å². The number of imide groups is 1. The molecule has 0 saturated carbocycles.